The van der Waals surface area contributed by atoms with Crippen LogP contribution in [0.1, 0.15) is 32.9 Å². The third-order valence-electron chi connectivity index (χ3n) is 4.79. The molecule has 1 unspecified atom stereocenters. The van der Waals surface area contributed by atoms with Gasteiger partial charge in [-0.15, -0.1) is 0 Å². The van der Waals surface area contributed by atoms with Gasteiger partial charge in [0.15, 0.2) is 0 Å². The third kappa shape index (κ3) is 4.80. The highest BCUT2D eigenvalue weighted by Gasteiger charge is 2.41. The number of aliphatic hydroxyl groups is 1. The molecule has 3 heterocycles. The zero-order chi connectivity index (χ0) is 21.2. The summed E-state index contributed by atoms with van der Waals surface area (Å²) in [6.07, 6.45) is 1.42. The zero-order valence-electron chi connectivity index (χ0n) is 16.9. The van der Waals surface area contributed by atoms with Crippen molar-refractivity contribution in [2.45, 2.75) is 40.3 Å². The number of aromatic nitrogens is 2. The van der Waals surface area contributed by atoms with E-state index < -0.39 is 12.3 Å². The largest absolute Gasteiger partial charge is 0.455 e. The third-order valence-corrected chi connectivity index (χ3v) is 4.79. The second-order valence-corrected chi connectivity index (χ2v) is 7.68. The van der Waals surface area contributed by atoms with Gasteiger partial charge in [-0.25, -0.2) is 14.8 Å². The maximum atomic E-state index is 12.5. The molecule has 0 saturated carbocycles. The molecule has 3 N–H and O–H groups in total. The van der Waals surface area contributed by atoms with E-state index in [0.29, 0.717) is 35.4 Å². The van der Waals surface area contributed by atoms with E-state index in [1.54, 1.807) is 31.2 Å². The second-order valence-electron chi connectivity index (χ2n) is 7.68. The Labute approximate surface area is 169 Å². The van der Waals surface area contributed by atoms with Crippen LogP contribution >= 0.6 is 0 Å². The molecule has 0 bridgehead atoms. The van der Waals surface area contributed by atoms with Gasteiger partial charge in [-0.1, -0.05) is 13.8 Å². The lowest BCUT2D eigenvalue weighted by atomic mass is 9.91. The van der Waals surface area contributed by atoms with Gasteiger partial charge in [-0.3, -0.25) is 15.0 Å². The smallest absolute Gasteiger partial charge is 0.325 e. The number of anilines is 2. The van der Waals surface area contributed by atoms with Crippen molar-refractivity contribution in [2.24, 2.45) is 5.41 Å². The number of pyridine rings is 2. The van der Waals surface area contributed by atoms with Crippen LogP contribution in [0.4, 0.5) is 16.4 Å². The van der Waals surface area contributed by atoms with E-state index in [9.17, 15) is 14.7 Å². The molecule has 0 aliphatic carbocycles. The van der Waals surface area contributed by atoms with Crippen molar-refractivity contribution in [3.05, 3.63) is 36.2 Å². The minimum atomic E-state index is -0.837. The Kier molecular flexibility index (Phi) is 5.69. The van der Waals surface area contributed by atoms with E-state index >= 15 is 0 Å². The summed E-state index contributed by atoms with van der Waals surface area (Å²) in [6, 6.07) is 6.20. The van der Waals surface area contributed by atoms with Crippen LogP contribution in [0.3, 0.4) is 0 Å². The van der Waals surface area contributed by atoms with Gasteiger partial charge in [-0.2, -0.15) is 0 Å². The van der Waals surface area contributed by atoms with Gasteiger partial charge in [0.05, 0.1) is 5.69 Å². The van der Waals surface area contributed by atoms with Gasteiger partial charge >= 0.3 is 6.03 Å². The monoisotopic (exact) mass is 399 g/mol. The normalized spacial score (nSPS) is 17.7. The number of likely N-dealkylation sites (tertiary alicyclic amines) is 1. The molecule has 154 valence electrons. The van der Waals surface area contributed by atoms with Gasteiger partial charge in [0.1, 0.15) is 29.4 Å². The van der Waals surface area contributed by atoms with E-state index in [4.69, 9.17) is 4.74 Å². The molecule has 0 aromatic carbocycles. The lowest BCUT2D eigenvalue weighted by molar-refractivity contribution is -0.114. The van der Waals surface area contributed by atoms with E-state index in [1.165, 1.54) is 18.0 Å². The first-order valence-corrected chi connectivity index (χ1v) is 9.30. The zero-order valence-corrected chi connectivity index (χ0v) is 16.9. The SMILES string of the molecule is CC(=O)Nc1cc(Oc2ccc(NC(=O)N3CCC(C)(C)C3O)nc2C)ccn1. The lowest BCUT2D eigenvalue weighted by Gasteiger charge is -2.27. The van der Waals surface area contributed by atoms with E-state index in [2.05, 4.69) is 20.6 Å². The molecule has 29 heavy (non-hydrogen) atoms. The Hall–Kier alpha value is -3.20. The number of aryl methyl sites for hydroxylation is 1. The fraction of sp³-hybridized carbons (Fsp3) is 0.400. The van der Waals surface area contributed by atoms with Crippen LogP contribution in [-0.2, 0) is 4.79 Å². The highest BCUT2D eigenvalue weighted by molar-refractivity contribution is 5.89. The van der Waals surface area contributed by atoms with Crippen LogP contribution in [0.15, 0.2) is 30.5 Å². The Morgan fingerprint density at radius 2 is 2.00 bits per heavy atom. The summed E-state index contributed by atoms with van der Waals surface area (Å²) in [5.74, 6) is 1.53. The number of ether oxygens (including phenoxy) is 1. The van der Waals surface area contributed by atoms with Crippen molar-refractivity contribution in [1.82, 2.24) is 14.9 Å². The fourth-order valence-corrected chi connectivity index (χ4v) is 3.05. The summed E-state index contributed by atoms with van der Waals surface area (Å²) < 4.78 is 5.82. The van der Waals surface area contributed by atoms with Crippen molar-refractivity contribution >= 4 is 23.6 Å². The molecule has 9 heteroatoms. The molecule has 0 radical (unpaired) electrons. The minimum absolute atomic E-state index is 0.223. The number of nitrogens with zero attached hydrogens (tertiary/aromatic N) is 3. The molecular weight excluding hydrogens is 374 g/mol. The van der Waals surface area contributed by atoms with Gasteiger partial charge in [-0.05, 0) is 31.5 Å². The van der Waals surface area contributed by atoms with Crippen molar-refractivity contribution in [1.29, 1.82) is 0 Å². The first kappa shape index (κ1) is 20.5. The molecule has 1 aliphatic heterocycles. The Bertz CT molecular complexity index is 931. The summed E-state index contributed by atoms with van der Waals surface area (Å²) in [4.78, 5) is 33.4. The summed E-state index contributed by atoms with van der Waals surface area (Å²) in [6.45, 7) is 7.50. The molecule has 1 fully saturated rings. The van der Waals surface area contributed by atoms with E-state index in [-0.39, 0.29) is 11.3 Å². The quantitative estimate of drug-likeness (QED) is 0.727. The van der Waals surface area contributed by atoms with Gasteiger partial charge in [0.25, 0.3) is 0 Å². The van der Waals surface area contributed by atoms with Crippen molar-refractivity contribution in [3.63, 3.8) is 0 Å². The first-order valence-electron chi connectivity index (χ1n) is 9.30. The number of urea groups is 1. The average molecular weight is 399 g/mol. The maximum Gasteiger partial charge on any atom is 0.325 e. The lowest BCUT2D eigenvalue weighted by Crippen LogP contribution is -2.42. The van der Waals surface area contributed by atoms with Gasteiger partial charge in [0.2, 0.25) is 5.91 Å². The summed E-state index contributed by atoms with van der Waals surface area (Å²) in [5, 5.41) is 15.6. The van der Waals surface area contributed by atoms with Crippen LogP contribution in [0.25, 0.3) is 0 Å². The molecule has 3 rings (SSSR count). The minimum Gasteiger partial charge on any atom is -0.455 e. The predicted molar refractivity (Wildman–Crippen MR) is 108 cm³/mol. The summed E-state index contributed by atoms with van der Waals surface area (Å²) >= 11 is 0. The summed E-state index contributed by atoms with van der Waals surface area (Å²) in [5.41, 5.74) is 0.238. The molecule has 0 spiro atoms. The molecule has 1 aliphatic rings. The number of nitrogens with one attached hydrogen (secondary N) is 2. The fourth-order valence-electron chi connectivity index (χ4n) is 3.05. The maximum absolute atomic E-state index is 12.5. The summed E-state index contributed by atoms with van der Waals surface area (Å²) in [7, 11) is 0. The van der Waals surface area contributed by atoms with Crippen LogP contribution in [0.5, 0.6) is 11.5 Å². The Balaban J connectivity index is 1.68. The number of hydrogen-bond donors (Lipinski definition) is 3. The van der Waals surface area contributed by atoms with Crippen molar-refractivity contribution < 1.29 is 19.4 Å². The van der Waals surface area contributed by atoms with E-state index in [1.807, 2.05) is 13.8 Å². The van der Waals surface area contributed by atoms with Crippen molar-refractivity contribution in [3.8, 4) is 11.5 Å². The molecule has 1 saturated heterocycles. The number of amides is 3. The molecular formula is C20H25N5O4. The van der Waals surface area contributed by atoms with Gasteiger partial charge in [0, 0.05) is 31.1 Å². The Morgan fingerprint density at radius 1 is 1.24 bits per heavy atom. The number of aliphatic hydroxyl groups excluding tert-OH is 1. The highest BCUT2D eigenvalue weighted by atomic mass is 16.5. The van der Waals surface area contributed by atoms with Crippen LogP contribution in [0, 0.1) is 12.3 Å². The number of rotatable bonds is 4. The van der Waals surface area contributed by atoms with Gasteiger partial charge < -0.3 is 15.2 Å². The predicted octanol–water partition coefficient (Wildman–Crippen LogP) is 3.12. The molecule has 2 aromatic rings. The molecule has 3 amide bonds. The van der Waals surface area contributed by atoms with Crippen LogP contribution in [0.2, 0.25) is 0 Å². The van der Waals surface area contributed by atoms with E-state index in [0.717, 1.165) is 6.42 Å². The second kappa shape index (κ2) is 8.04. The molecule has 9 nitrogen and oxygen atoms in total. The molecule has 1 atom stereocenters. The number of carbonyl (C=O) groups is 2. The molecule has 2 aromatic heterocycles. The number of hydrogen-bond acceptors (Lipinski definition) is 6. The van der Waals surface area contributed by atoms with Crippen LogP contribution in [-0.4, -0.2) is 44.7 Å². The standard InChI is InChI=1S/C20H25N5O4/c1-12-15(29-14-7-9-21-17(11-14)23-13(2)26)5-6-16(22-12)24-19(28)25-10-8-20(3,4)18(25)27/h5-7,9,11,18,27H,8,10H2,1-4H3,(H,21,23,26)(H,22,24,28). The highest BCUT2D eigenvalue weighted by Crippen LogP contribution is 2.34. The first-order chi connectivity index (χ1) is 13.7. The Morgan fingerprint density at radius 3 is 2.62 bits per heavy atom. The number of carbonyl (C=O) groups excluding carboxylic acids is 2. The topological polar surface area (TPSA) is 117 Å². The van der Waals surface area contributed by atoms with Crippen LogP contribution < -0.4 is 15.4 Å². The average Bonchev–Trinajstić information content (AvgIpc) is 2.90. The van der Waals surface area contributed by atoms with Crippen molar-refractivity contribution in [2.75, 3.05) is 17.2 Å².